The van der Waals surface area contributed by atoms with Gasteiger partial charge in [0.2, 0.25) is 0 Å². The summed E-state index contributed by atoms with van der Waals surface area (Å²) in [5, 5.41) is 21.5. The van der Waals surface area contributed by atoms with Gasteiger partial charge in [-0.1, -0.05) is 18.2 Å². The molecule has 1 aromatic carbocycles. The molecule has 0 saturated heterocycles. The Bertz CT molecular complexity index is 904. The first-order chi connectivity index (χ1) is 14.3. The Hall–Kier alpha value is -1.35. The normalized spacial score (nSPS) is 52.7. The van der Waals surface area contributed by atoms with Crippen molar-refractivity contribution in [3.8, 4) is 0 Å². The molecule has 2 N–H and O–H groups in total. The fraction of sp³-hybridized carbons (Fsp3) is 0.741. The van der Waals surface area contributed by atoms with Crippen LogP contribution in [0.25, 0.3) is 0 Å². The summed E-state index contributed by atoms with van der Waals surface area (Å²) >= 11 is 0. The molecular weight excluding hydrogens is 372 g/mol. The van der Waals surface area contributed by atoms with Crippen LogP contribution in [0.1, 0.15) is 93.0 Å². The number of hydrogen-bond donors (Lipinski definition) is 2. The van der Waals surface area contributed by atoms with Crippen molar-refractivity contribution in [2.45, 2.75) is 88.1 Å². The molecule has 4 unspecified atom stereocenters. The number of hydrogen-bond acceptors (Lipinski definition) is 2. The molecule has 4 atom stereocenters. The van der Waals surface area contributed by atoms with Crippen molar-refractivity contribution < 1.29 is 15.0 Å². The Morgan fingerprint density at radius 1 is 0.767 bits per heavy atom. The van der Waals surface area contributed by atoms with Gasteiger partial charge in [0.15, 0.2) is 0 Å². The van der Waals surface area contributed by atoms with E-state index in [1.54, 1.807) is 0 Å². The van der Waals surface area contributed by atoms with Gasteiger partial charge in [0.25, 0.3) is 0 Å². The van der Waals surface area contributed by atoms with Gasteiger partial charge in [0.05, 0.1) is 11.2 Å². The van der Waals surface area contributed by atoms with Crippen LogP contribution >= 0.6 is 0 Å². The van der Waals surface area contributed by atoms with Crippen molar-refractivity contribution in [3.63, 3.8) is 0 Å². The third kappa shape index (κ3) is 2.23. The minimum absolute atomic E-state index is 0.0466. The summed E-state index contributed by atoms with van der Waals surface area (Å²) in [5.74, 6) is 2.18. The molecule has 1 aromatic rings. The molecule has 8 aliphatic rings. The second kappa shape index (κ2) is 5.52. The van der Waals surface area contributed by atoms with E-state index < -0.39 is 11.6 Å². The topological polar surface area (TPSA) is 57.5 Å². The average molecular weight is 407 g/mol. The summed E-state index contributed by atoms with van der Waals surface area (Å²) in [7, 11) is 0. The van der Waals surface area contributed by atoms with Crippen LogP contribution in [0.2, 0.25) is 0 Å². The van der Waals surface area contributed by atoms with E-state index >= 15 is 0 Å². The molecule has 0 radical (unpaired) electrons. The number of carboxylic acids is 1. The lowest BCUT2D eigenvalue weighted by Gasteiger charge is -2.73. The van der Waals surface area contributed by atoms with Crippen molar-refractivity contribution in [2.24, 2.45) is 34.5 Å². The number of carbonyl (C=O) groups is 1. The lowest BCUT2D eigenvalue weighted by molar-refractivity contribution is -0.244. The average Bonchev–Trinajstić information content (AvgIpc) is 2.65. The van der Waals surface area contributed by atoms with Crippen molar-refractivity contribution >= 4 is 5.97 Å². The van der Waals surface area contributed by atoms with Crippen LogP contribution < -0.4 is 0 Å². The molecule has 8 aliphatic carbocycles. The zero-order chi connectivity index (χ0) is 20.4. The molecule has 0 heterocycles. The molecule has 8 saturated carbocycles. The molecule has 8 bridgehead atoms. The number of rotatable bonds is 3. The van der Waals surface area contributed by atoms with Crippen LogP contribution in [0, 0.1) is 34.5 Å². The van der Waals surface area contributed by atoms with Crippen molar-refractivity contribution in [2.75, 3.05) is 0 Å². The highest BCUT2D eigenvalue weighted by atomic mass is 16.4. The van der Waals surface area contributed by atoms with Gasteiger partial charge < -0.3 is 10.2 Å². The fourth-order valence-corrected chi connectivity index (χ4v) is 11.2. The second-order valence-electron chi connectivity index (χ2n) is 12.8. The third-order valence-corrected chi connectivity index (χ3v) is 10.9. The van der Waals surface area contributed by atoms with Gasteiger partial charge in [-0.2, -0.15) is 0 Å². The summed E-state index contributed by atoms with van der Waals surface area (Å²) in [6, 6.07) is 7.91. The maximum absolute atomic E-state index is 12.1. The Balaban J connectivity index is 1.36. The van der Waals surface area contributed by atoms with E-state index in [1.165, 1.54) is 57.8 Å². The Labute approximate surface area is 179 Å². The van der Waals surface area contributed by atoms with Crippen LogP contribution in [-0.4, -0.2) is 21.8 Å². The number of benzene rings is 1. The Morgan fingerprint density at radius 3 is 1.87 bits per heavy atom. The molecule has 30 heavy (non-hydrogen) atoms. The highest BCUT2D eigenvalue weighted by Gasteiger charge is 2.70. The predicted molar refractivity (Wildman–Crippen MR) is 114 cm³/mol. The molecular formula is C27H34O3. The first-order valence-corrected chi connectivity index (χ1v) is 12.4. The predicted octanol–water partition coefficient (Wildman–Crippen LogP) is 5.55. The van der Waals surface area contributed by atoms with Crippen LogP contribution in [0.15, 0.2) is 24.3 Å². The highest BCUT2D eigenvalue weighted by molar-refractivity contribution is 5.90. The molecule has 160 valence electrons. The molecule has 0 spiro atoms. The van der Waals surface area contributed by atoms with Gasteiger partial charge in [-0.15, -0.1) is 0 Å². The van der Waals surface area contributed by atoms with Crippen molar-refractivity contribution in [3.05, 3.63) is 35.4 Å². The highest BCUT2D eigenvalue weighted by Crippen LogP contribution is 2.77. The number of carboxylic acid groups (broad SMARTS) is 1. The molecule has 0 aliphatic heterocycles. The van der Waals surface area contributed by atoms with E-state index in [-0.39, 0.29) is 5.41 Å². The maximum atomic E-state index is 12.1. The van der Waals surface area contributed by atoms with E-state index in [2.05, 4.69) is 12.1 Å². The van der Waals surface area contributed by atoms with Crippen LogP contribution in [0.5, 0.6) is 0 Å². The van der Waals surface area contributed by atoms with Crippen LogP contribution in [0.4, 0.5) is 0 Å². The van der Waals surface area contributed by atoms with Gasteiger partial charge in [-0.05, 0) is 129 Å². The third-order valence-electron chi connectivity index (χ3n) is 10.9. The van der Waals surface area contributed by atoms with Gasteiger partial charge in [-0.3, -0.25) is 0 Å². The number of aliphatic hydroxyl groups is 1. The molecule has 3 nitrogen and oxygen atoms in total. The first kappa shape index (κ1) is 18.2. The van der Waals surface area contributed by atoms with Crippen LogP contribution in [-0.2, 0) is 5.41 Å². The Kier molecular flexibility index (Phi) is 3.36. The SMILES string of the molecule is O=C(O)c1ccccc1C12CC3CC(C1)CC(C14CC5CC(CC(O)(C5)C1)C4)(C3)C2. The smallest absolute Gasteiger partial charge is 0.335 e. The maximum Gasteiger partial charge on any atom is 0.335 e. The second-order valence-corrected chi connectivity index (χ2v) is 12.8. The van der Waals surface area contributed by atoms with Gasteiger partial charge in [0.1, 0.15) is 0 Å². The van der Waals surface area contributed by atoms with Crippen LogP contribution in [0.3, 0.4) is 0 Å². The van der Waals surface area contributed by atoms with E-state index in [4.69, 9.17) is 0 Å². The first-order valence-electron chi connectivity index (χ1n) is 12.4. The van der Waals surface area contributed by atoms with Gasteiger partial charge >= 0.3 is 5.97 Å². The standard InChI is InChI=1S/C27H34O3/c28-23(29)21-3-1-2-4-22(21)24-7-17-5-18(8-24)10-25(9-17,15-24)26-11-19-6-20(12-26)14-27(30,13-19)16-26/h1-4,17-20,30H,5-16H2,(H,28,29). The lowest BCUT2D eigenvalue weighted by atomic mass is 9.32. The zero-order valence-corrected chi connectivity index (χ0v) is 17.9. The number of aromatic carboxylic acids is 1. The molecule has 9 rings (SSSR count). The summed E-state index contributed by atoms with van der Waals surface area (Å²) in [6.07, 6.45) is 14.7. The monoisotopic (exact) mass is 406 g/mol. The van der Waals surface area contributed by atoms with Crippen molar-refractivity contribution in [1.82, 2.24) is 0 Å². The Morgan fingerprint density at radius 2 is 1.30 bits per heavy atom. The zero-order valence-electron chi connectivity index (χ0n) is 17.9. The van der Waals surface area contributed by atoms with E-state index in [1.807, 2.05) is 12.1 Å². The largest absolute Gasteiger partial charge is 0.478 e. The van der Waals surface area contributed by atoms with E-state index in [0.29, 0.717) is 16.4 Å². The summed E-state index contributed by atoms with van der Waals surface area (Å²) in [5.41, 5.74) is 1.95. The fourth-order valence-electron chi connectivity index (χ4n) is 11.2. The van der Waals surface area contributed by atoms with E-state index in [9.17, 15) is 15.0 Å². The minimum atomic E-state index is -0.764. The molecule has 0 amide bonds. The molecule has 0 aromatic heterocycles. The van der Waals surface area contributed by atoms with Crippen molar-refractivity contribution in [1.29, 1.82) is 0 Å². The minimum Gasteiger partial charge on any atom is -0.478 e. The quantitative estimate of drug-likeness (QED) is 0.691. The van der Waals surface area contributed by atoms with Gasteiger partial charge in [0, 0.05) is 0 Å². The van der Waals surface area contributed by atoms with Gasteiger partial charge in [-0.25, -0.2) is 4.79 Å². The summed E-state index contributed by atoms with van der Waals surface area (Å²) in [4.78, 5) is 12.1. The summed E-state index contributed by atoms with van der Waals surface area (Å²) < 4.78 is 0. The van der Waals surface area contributed by atoms with E-state index in [0.717, 1.165) is 48.5 Å². The molecule has 3 heteroatoms. The summed E-state index contributed by atoms with van der Waals surface area (Å²) in [6.45, 7) is 0. The lowest BCUT2D eigenvalue weighted by Crippen LogP contribution is -2.66. The molecule has 8 fully saturated rings.